The zero-order chi connectivity index (χ0) is 46.2. The van der Waals surface area contributed by atoms with Crippen LogP contribution >= 0.6 is 7.82 Å². The van der Waals surface area contributed by atoms with Gasteiger partial charge in [-0.05, 0) is 89.9 Å². The Labute approximate surface area is 387 Å². The van der Waals surface area contributed by atoms with Gasteiger partial charge in [-0.25, -0.2) is 0 Å². The van der Waals surface area contributed by atoms with Crippen LogP contribution in [0.1, 0.15) is 181 Å². The van der Waals surface area contributed by atoms with Gasteiger partial charge in [0.25, 0.3) is 7.82 Å². The topological polar surface area (TPSA) is 94.1 Å². The number of phosphoric ester groups is 1. The third kappa shape index (κ3) is 50.3. The number of carbonyl (C=O) groups excluding carboxylic acids is 1. The standard InChI is InChI=1S/C54H94NO7P/c1-6-8-10-12-14-16-18-20-22-24-26-27-28-30-32-34-36-38-40-42-44-46-49-59-51-53(52-61-63(57,58)60-50-48-55(3,4)5)62-54(56)47-45-43-41-39-37-35-33-31-29-25-23-21-19-17-15-13-11-9-7-2/h8-11,14-17,20-23,26-27,29,31,53H,6-7,12-13,18-19,24-25,28,30,32-52H2,1-5H3/b10-8-,11-9-,16-14-,17-15-,22-20-,23-21-,27-26-,31-29-. The minimum atomic E-state index is -4.54. The molecule has 0 radical (unpaired) electrons. The van der Waals surface area contributed by atoms with Gasteiger partial charge in [0.2, 0.25) is 0 Å². The maximum Gasteiger partial charge on any atom is 0.306 e. The number of esters is 1. The van der Waals surface area contributed by atoms with Gasteiger partial charge in [0, 0.05) is 13.0 Å². The Bertz CT molecular complexity index is 1320. The summed E-state index contributed by atoms with van der Waals surface area (Å²) in [4.78, 5) is 25.2. The normalized spacial score (nSPS) is 14.4. The Morgan fingerprint density at radius 3 is 1.30 bits per heavy atom. The minimum absolute atomic E-state index is 0.0162. The molecule has 0 fully saturated rings. The number of nitrogens with zero attached hydrogens (tertiary/aromatic N) is 1. The monoisotopic (exact) mass is 900 g/mol. The molecule has 0 rings (SSSR count). The second kappa shape index (κ2) is 46.0. The van der Waals surface area contributed by atoms with E-state index in [-0.39, 0.29) is 25.8 Å². The zero-order valence-electron chi connectivity index (χ0n) is 41.0. The first-order chi connectivity index (χ1) is 30.6. The van der Waals surface area contributed by atoms with Crippen LogP contribution in [0, 0.1) is 0 Å². The van der Waals surface area contributed by atoms with Gasteiger partial charge in [-0.15, -0.1) is 0 Å². The quantitative estimate of drug-likeness (QED) is 0.0197. The predicted molar refractivity (Wildman–Crippen MR) is 268 cm³/mol. The van der Waals surface area contributed by atoms with Gasteiger partial charge < -0.3 is 27.9 Å². The molecule has 362 valence electrons. The Morgan fingerprint density at radius 2 is 0.873 bits per heavy atom. The Kier molecular flexibility index (Phi) is 44.1. The molecule has 2 unspecified atom stereocenters. The first kappa shape index (κ1) is 60.4. The van der Waals surface area contributed by atoms with Gasteiger partial charge in [0.15, 0.2) is 0 Å². The molecular formula is C54H94NO7P. The van der Waals surface area contributed by atoms with E-state index in [4.69, 9.17) is 18.5 Å². The van der Waals surface area contributed by atoms with Gasteiger partial charge in [0.05, 0.1) is 34.4 Å². The summed E-state index contributed by atoms with van der Waals surface area (Å²) in [5, 5.41) is 0. The fourth-order valence-corrected chi connectivity index (χ4v) is 7.08. The molecule has 0 heterocycles. The van der Waals surface area contributed by atoms with Crippen molar-refractivity contribution in [2.75, 3.05) is 54.1 Å². The van der Waals surface area contributed by atoms with Crippen molar-refractivity contribution >= 4 is 13.8 Å². The van der Waals surface area contributed by atoms with E-state index in [9.17, 15) is 14.3 Å². The Balaban J connectivity index is 4.22. The number of likely N-dealkylation sites (N-methyl/N-ethyl adjacent to an activating group) is 1. The van der Waals surface area contributed by atoms with Crippen molar-refractivity contribution in [2.24, 2.45) is 0 Å². The van der Waals surface area contributed by atoms with E-state index in [1.54, 1.807) is 0 Å². The highest BCUT2D eigenvalue weighted by molar-refractivity contribution is 7.45. The van der Waals surface area contributed by atoms with E-state index in [1.165, 1.54) is 64.2 Å². The number of phosphoric acid groups is 1. The van der Waals surface area contributed by atoms with E-state index >= 15 is 0 Å². The molecular weight excluding hydrogens is 806 g/mol. The van der Waals surface area contributed by atoms with Gasteiger partial charge >= 0.3 is 5.97 Å². The lowest BCUT2D eigenvalue weighted by Crippen LogP contribution is -2.37. The summed E-state index contributed by atoms with van der Waals surface area (Å²) in [6.45, 7) is 5.14. The van der Waals surface area contributed by atoms with Crippen LogP contribution in [0.4, 0.5) is 0 Å². The average Bonchev–Trinajstić information content (AvgIpc) is 3.24. The summed E-state index contributed by atoms with van der Waals surface area (Å²) in [5.41, 5.74) is 0. The summed E-state index contributed by atoms with van der Waals surface area (Å²) in [5.74, 6) is -0.354. The molecule has 0 bridgehead atoms. The molecule has 0 aromatic heterocycles. The van der Waals surface area contributed by atoms with Crippen molar-refractivity contribution in [3.05, 3.63) is 97.2 Å². The van der Waals surface area contributed by atoms with E-state index in [0.29, 0.717) is 24.1 Å². The first-order valence-electron chi connectivity index (χ1n) is 25.0. The predicted octanol–water partition coefficient (Wildman–Crippen LogP) is 14.8. The highest BCUT2D eigenvalue weighted by atomic mass is 31.2. The fraction of sp³-hybridized carbons (Fsp3) is 0.685. The molecule has 0 spiro atoms. The second-order valence-corrected chi connectivity index (χ2v) is 18.8. The summed E-state index contributed by atoms with van der Waals surface area (Å²) in [6, 6.07) is 0. The van der Waals surface area contributed by atoms with Crippen LogP contribution in [0.2, 0.25) is 0 Å². The molecule has 8 nitrogen and oxygen atoms in total. The molecule has 9 heteroatoms. The highest BCUT2D eigenvalue weighted by Gasteiger charge is 2.20. The van der Waals surface area contributed by atoms with Gasteiger partial charge in [-0.3, -0.25) is 9.36 Å². The lowest BCUT2D eigenvalue weighted by molar-refractivity contribution is -0.870. The van der Waals surface area contributed by atoms with E-state index in [2.05, 4.69) is 111 Å². The Morgan fingerprint density at radius 1 is 0.492 bits per heavy atom. The van der Waals surface area contributed by atoms with Crippen molar-refractivity contribution in [3.8, 4) is 0 Å². The molecule has 0 N–H and O–H groups in total. The van der Waals surface area contributed by atoms with Crippen molar-refractivity contribution in [2.45, 2.75) is 187 Å². The van der Waals surface area contributed by atoms with Crippen molar-refractivity contribution < 1.29 is 37.3 Å². The third-order valence-corrected chi connectivity index (χ3v) is 11.1. The molecule has 0 saturated heterocycles. The molecule has 0 aromatic rings. The molecule has 0 aliphatic rings. The highest BCUT2D eigenvalue weighted by Crippen LogP contribution is 2.38. The van der Waals surface area contributed by atoms with Gasteiger partial charge in [0.1, 0.15) is 19.3 Å². The first-order valence-corrected chi connectivity index (χ1v) is 26.4. The van der Waals surface area contributed by atoms with Crippen molar-refractivity contribution in [3.63, 3.8) is 0 Å². The van der Waals surface area contributed by atoms with Crippen LogP contribution in [0.5, 0.6) is 0 Å². The van der Waals surface area contributed by atoms with E-state index in [1.807, 2.05) is 21.1 Å². The summed E-state index contributed by atoms with van der Waals surface area (Å²) in [6.07, 6.45) is 62.8. The SMILES string of the molecule is CC/C=C\C/C=C\C/C=C\C/C=C\CCCCCCCCCCCOCC(COP(=O)([O-])OCC[N+](C)(C)C)OC(=O)CCCCCCCC/C=C\C/C=C\C/C=C\C/C=C\CC. The van der Waals surface area contributed by atoms with Crippen LogP contribution in [0.3, 0.4) is 0 Å². The van der Waals surface area contributed by atoms with Crippen molar-refractivity contribution in [1.82, 2.24) is 0 Å². The van der Waals surface area contributed by atoms with Crippen LogP contribution < -0.4 is 4.89 Å². The molecule has 63 heavy (non-hydrogen) atoms. The lowest BCUT2D eigenvalue weighted by Gasteiger charge is -2.28. The third-order valence-electron chi connectivity index (χ3n) is 10.1. The van der Waals surface area contributed by atoms with Crippen LogP contribution in [-0.4, -0.2) is 70.7 Å². The number of hydrogen-bond donors (Lipinski definition) is 0. The fourth-order valence-electron chi connectivity index (χ4n) is 6.35. The van der Waals surface area contributed by atoms with Crippen molar-refractivity contribution in [1.29, 1.82) is 0 Å². The second-order valence-electron chi connectivity index (χ2n) is 17.4. The van der Waals surface area contributed by atoms with Crippen LogP contribution in [0.25, 0.3) is 0 Å². The van der Waals surface area contributed by atoms with E-state index in [0.717, 1.165) is 96.3 Å². The molecule has 2 atom stereocenters. The molecule has 0 aliphatic carbocycles. The van der Waals surface area contributed by atoms with Crippen LogP contribution in [0.15, 0.2) is 97.2 Å². The number of carbonyl (C=O) groups is 1. The molecule has 0 aliphatic heterocycles. The summed E-state index contributed by atoms with van der Waals surface area (Å²) in [7, 11) is 1.33. The Hall–Kier alpha value is -2.58. The summed E-state index contributed by atoms with van der Waals surface area (Å²) < 4.78 is 34.7. The number of allylic oxidation sites excluding steroid dienone is 16. The smallest absolute Gasteiger partial charge is 0.306 e. The molecule has 0 amide bonds. The van der Waals surface area contributed by atoms with E-state index < -0.39 is 13.9 Å². The van der Waals surface area contributed by atoms with Gasteiger partial charge in [-0.2, -0.15) is 0 Å². The van der Waals surface area contributed by atoms with Crippen LogP contribution in [-0.2, 0) is 27.9 Å². The largest absolute Gasteiger partial charge is 0.756 e. The number of quaternary nitrogens is 1. The minimum Gasteiger partial charge on any atom is -0.756 e. The number of hydrogen-bond acceptors (Lipinski definition) is 7. The summed E-state index contributed by atoms with van der Waals surface area (Å²) >= 11 is 0. The average molecular weight is 900 g/mol. The lowest BCUT2D eigenvalue weighted by atomic mass is 10.1. The maximum atomic E-state index is 12.7. The zero-order valence-corrected chi connectivity index (χ0v) is 41.9. The number of unbranched alkanes of at least 4 members (excludes halogenated alkanes) is 15. The van der Waals surface area contributed by atoms with Gasteiger partial charge in [-0.1, -0.05) is 182 Å². The number of rotatable bonds is 45. The number of ether oxygens (including phenoxy) is 2. The molecule has 0 saturated carbocycles. The molecule has 0 aromatic carbocycles. The maximum absolute atomic E-state index is 12.7.